The zero-order chi connectivity index (χ0) is 25.8. The molecule has 2 rings (SSSR count). The third kappa shape index (κ3) is 9.50. The summed E-state index contributed by atoms with van der Waals surface area (Å²) in [5.74, 6) is -4.05. The molecule has 0 heterocycles. The molecule has 2 aromatic carbocycles. The summed E-state index contributed by atoms with van der Waals surface area (Å²) in [6.07, 6.45) is 3.17. The number of benzene rings is 2. The molecule has 0 spiro atoms. The number of nitrogen functional groups attached to an aromatic ring is 1. The minimum Gasteiger partial charge on any atom is -0.481 e. The molecule has 0 aliphatic carbocycles. The molecule has 10 heteroatoms. The maximum absolute atomic E-state index is 12.6. The highest BCUT2D eigenvalue weighted by atomic mass is 16.4. The monoisotopic (exact) mass is 480 g/mol. The van der Waals surface area contributed by atoms with E-state index in [2.05, 4.69) is 10.6 Å². The molecule has 0 radical (unpaired) electrons. The number of carboxylic acid groups (broad SMARTS) is 2. The van der Waals surface area contributed by atoms with Crippen molar-refractivity contribution in [2.75, 3.05) is 0 Å². The van der Waals surface area contributed by atoms with Crippen molar-refractivity contribution in [1.29, 1.82) is 5.41 Å². The molecule has 2 aromatic rings. The SMILES string of the molecule is N=C(N)c1ccc(/C=C\CCC(=O)N[C@@H](CC(=O)O)C(=O)N[C@@H](Cc2ccccc2)C(=O)O)cc1. The van der Waals surface area contributed by atoms with Crippen molar-refractivity contribution in [2.24, 2.45) is 5.73 Å². The van der Waals surface area contributed by atoms with Gasteiger partial charge in [-0.15, -0.1) is 0 Å². The van der Waals surface area contributed by atoms with Gasteiger partial charge < -0.3 is 26.6 Å². The number of carbonyl (C=O) groups is 4. The first-order valence-electron chi connectivity index (χ1n) is 10.8. The van der Waals surface area contributed by atoms with Crippen LogP contribution in [0.1, 0.15) is 36.0 Å². The summed E-state index contributed by atoms with van der Waals surface area (Å²) in [4.78, 5) is 47.7. The van der Waals surface area contributed by atoms with E-state index in [4.69, 9.17) is 16.2 Å². The Morgan fingerprint density at radius 1 is 0.943 bits per heavy atom. The van der Waals surface area contributed by atoms with Crippen LogP contribution in [-0.4, -0.2) is 51.9 Å². The second-order valence-corrected chi connectivity index (χ2v) is 7.78. The quantitative estimate of drug-likeness (QED) is 0.185. The van der Waals surface area contributed by atoms with Crippen LogP contribution in [0.3, 0.4) is 0 Å². The van der Waals surface area contributed by atoms with E-state index in [9.17, 15) is 24.3 Å². The number of amides is 2. The Bertz CT molecular complexity index is 1080. The number of carboxylic acids is 2. The van der Waals surface area contributed by atoms with E-state index in [1.807, 2.05) is 0 Å². The van der Waals surface area contributed by atoms with Crippen LogP contribution in [0.15, 0.2) is 60.7 Å². The number of nitrogens with one attached hydrogen (secondary N) is 3. The number of amidine groups is 1. The normalized spacial score (nSPS) is 12.5. The summed E-state index contributed by atoms with van der Waals surface area (Å²) in [6.45, 7) is 0. The number of carbonyl (C=O) groups excluding carboxylic acids is 2. The van der Waals surface area contributed by atoms with Crippen LogP contribution in [0.2, 0.25) is 0 Å². The Balaban J connectivity index is 1.93. The topological polar surface area (TPSA) is 183 Å². The van der Waals surface area contributed by atoms with Gasteiger partial charge >= 0.3 is 11.9 Å². The second-order valence-electron chi connectivity index (χ2n) is 7.78. The van der Waals surface area contributed by atoms with Gasteiger partial charge in [-0.25, -0.2) is 4.79 Å². The van der Waals surface area contributed by atoms with Crippen molar-refractivity contribution >= 4 is 35.7 Å². The van der Waals surface area contributed by atoms with Crippen LogP contribution in [0, 0.1) is 5.41 Å². The maximum atomic E-state index is 12.6. The van der Waals surface area contributed by atoms with Crippen LogP contribution in [0.25, 0.3) is 6.08 Å². The predicted molar refractivity (Wildman–Crippen MR) is 130 cm³/mol. The fourth-order valence-corrected chi connectivity index (χ4v) is 3.18. The minimum absolute atomic E-state index is 0.00218. The van der Waals surface area contributed by atoms with Gasteiger partial charge in [0.1, 0.15) is 17.9 Å². The number of hydrogen-bond donors (Lipinski definition) is 6. The average molecular weight is 481 g/mol. The standard InChI is InChI=1S/C25H28N4O6/c26-23(27)18-12-10-16(11-13-18)6-4-5-9-21(30)28-19(15-22(31)32)24(33)29-20(25(34)35)14-17-7-2-1-3-8-17/h1-4,6-8,10-13,19-20H,5,9,14-15H2,(H3,26,27)(H,28,30)(H,29,33)(H,31,32)(H,34,35)/b6-4-/t19-,20-/m0/s1. The number of allylic oxidation sites excluding steroid dienone is 1. The molecule has 0 aliphatic heterocycles. The Labute approximate surface area is 202 Å². The molecule has 10 nitrogen and oxygen atoms in total. The van der Waals surface area contributed by atoms with Gasteiger partial charge in [-0.2, -0.15) is 0 Å². The molecule has 35 heavy (non-hydrogen) atoms. The zero-order valence-electron chi connectivity index (χ0n) is 18.9. The lowest BCUT2D eigenvalue weighted by molar-refractivity contribution is -0.143. The van der Waals surface area contributed by atoms with Gasteiger partial charge in [-0.05, 0) is 17.5 Å². The average Bonchev–Trinajstić information content (AvgIpc) is 2.81. The molecule has 2 atom stereocenters. The molecule has 7 N–H and O–H groups in total. The summed E-state index contributed by atoms with van der Waals surface area (Å²) in [7, 11) is 0. The molecule has 2 amide bonds. The smallest absolute Gasteiger partial charge is 0.326 e. The lowest BCUT2D eigenvalue weighted by Gasteiger charge is -2.20. The molecule has 0 fully saturated rings. The summed E-state index contributed by atoms with van der Waals surface area (Å²) in [6, 6.07) is 12.9. The van der Waals surface area contributed by atoms with Crippen LogP contribution in [-0.2, 0) is 25.6 Å². The molecular formula is C25H28N4O6. The number of rotatable bonds is 13. The minimum atomic E-state index is -1.42. The van der Waals surface area contributed by atoms with E-state index in [-0.39, 0.29) is 18.7 Å². The van der Waals surface area contributed by atoms with Crippen molar-refractivity contribution in [3.05, 3.63) is 77.4 Å². The first-order chi connectivity index (χ1) is 16.7. The molecule has 0 saturated heterocycles. The van der Waals surface area contributed by atoms with Gasteiger partial charge in [0.05, 0.1) is 6.42 Å². The van der Waals surface area contributed by atoms with E-state index in [0.29, 0.717) is 17.5 Å². The molecule has 0 unspecified atom stereocenters. The van der Waals surface area contributed by atoms with Gasteiger partial charge in [0.25, 0.3) is 0 Å². The van der Waals surface area contributed by atoms with Crippen LogP contribution >= 0.6 is 0 Å². The molecular weight excluding hydrogens is 452 g/mol. The highest BCUT2D eigenvalue weighted by Gasteiger charge is 2.28. The van der Waals surface area contributed by atoms with Crippen LogP contribution < -0.4 is 16.4 Å². The largest absolute Gasteiger partial charge is 0.481 e. The van der Waals surface area contributed by atoms with Crippen LogP contribution in [0.4, 0.5) is 0 Å². The lowest BCUT2D eigenvalue weighted by atomic mass is 10.0. The van der Waals surface area contributed by atoms with Gasteiger partial charge in [0.15, 0.2) is 0 Å². The van der Waals surface area contributed by atoms with E-state index in [1.165, 1.54) is 0 Å². The number of nitrogens with two attached hydrogens (primary N) is 1. The Morgan fingerprint density at radius 3 is 2.17 bits per heavy atom. The first-order valence-corrected chi connectivity index (χ1v) is 10.8. The summed E-state index contributed by atoms with van der Waals surface area (Å²) < 4.78 is 0. The lowest BCUT2D eigenvalue weighted by Crippen LogP contribution is -2.52. The van der Waals surface area contributed by atoms with Gasteiger partial charge in [-0.3, -0.25) is 19.8 Å². The van der Waals surface area contributed by atoms with Gasteiger partial charge in [0, 0.05) is 18.4 Å². The van der Waals surface area contributed by atoms with Crippen LogP contribution in [0.5, 0.6) is 0 Å². The highest BCUT2D eigenvalue weighted by Crippen LogP contribution is 2.08. The Kier molecular flexibility index (Phi) is 10.2. The van der Waals surface area contributed by atoms with E-state index >= 15 is 0 Å². The molecule has 0 bridgehead atoms. The zero-order valence-corrected chi connectivity index (χ0v) is 18.9. The van der Waals surface area contributed by atoms with E-state index < -0.39 is 42.3 Å². The fraction of sp³-hybridized carbons (Fsp3) is 0.240. The molecule has 0 aromatic heterocycles. The van der Waals surface area contributed by atoms with Crippen molar-refractivity contribution in [1.82, 2.24) is 10.6 Å². The van der Waals surface area contributed by atoms with Crippen molar-refractivity contribution in [3.8, 4) is 0 Å². The summed E-state index contributed by atoms with van der Waals surface area (Å²) in [5, 5.41) is 30.7. The fourth-order valence-electron chi connectivity index (χ4n) is 3.18. The van der Waals surface area contributed by atoms with Crippen molar-refractivity contribution in [3.63, 3.8) is 0 Å². The number of aliphatic carboxylic acids is 2. The van der Waals surface area contributed by atoms with Gasteiger partial charge in [0.2, 0.25) is 11.8 Å². The predicted octanol–water partition coefficient (Wildman–Crippen LogP) is 1.54. The van der Waals surface area contributed by atoms with Crippen molar-refractivity contribution < 1.29 is 29.4 Å². The van der Waals surface area contributed by atoms with E-state index in [1.54, 1.807) is 66.7 Å². The van der Waals surface area contributed by atoms with Gasteiger partial charge in [-0.1, -0.05) is 66.7 Å². The number of hydrogen-bond acceptors (Lipinski definition) is 5. The summed E-state index contributed by atoms with van der Waals surface area (Å²) in [5.41, 5.74) is 7.53. The highest BCUT2D eigenvalue weighted by molar-refractivity contribution is 5.95. The third-order valence-corrected chi connectivity index (χ3v) is 5.00. The Morgan fingerprint density at radius 2 is 1.60 bits per heavy atom. The molecule has 184 valence electrons. The summed E-state index contributed by atoms with van der Waals surface area (Å²) >= 11 is 0. The first kappa shape index (κ1) is 26.8. The molecule has 0 aliphatic rings. The van der Waals surface area contributed by atoms with E-state index in [0.717, 1.165) is 5.56 Å². The van der Waals surface area contributed by atoms with Crippen molar-refractivity contribution in [2.45, 2.75) is 37.8 Å². The third-order valence-electron chi connectivity index (χ3n) is 5.00. The Hall–Kier alpha value is -4.47. The second kappa shape index (κ2) is 13.3. The molecule has 0 saturated carbocycles. The maximum Gasteiger partial charge on any atom is 0.326 e.